The van der Waals surface area contributed by atoms with Crippen LogP contribution in [0, 0.1) is 0 Å². The third kappa shape index (κ3) is 1.99. The maximum Gasteiger partial charge on any atom is 0.432 e. The van der Waals surface area contributed by atoms with Crippen LogP contribution in [0.1, 0.15) is 0 Å². The number of alkyl halides is 4. The molecule has 2 atom stereocenters. The smallest absolute Gasteiger partial charge is 0.432 e. The van der Waals surface area contributed by atoms with E-state index in [2.05, 4.69) is 9.47 Å². The van der Waals surface area contributed by atoms with E-state index >= 15 is 0 Å². The molecule has 0 aliphatic carbocycles. The Bertz CT molecular complexity index is 234. The predicted molar refractivity (Wildman–Crippen MR) is 26.2 cm³/mol. The van der Waals surface area contributed by atoms with E-state index in [1.807, 2.05) is 0 Å². The second-order valence-corrected chi connectivity index (χ2v) is 2.10. The third-order valence-corrected chi connectivity index (χ3v) is 1.16. The number of hydrogen-bond acceptors (Lipinski definition) is 2. The molecule has 0 bridgehead atoms. The summed E-state index contributed by atoms with van der Waals surface area (Å²) in [5.74, 6) is 0. The fourth-order valence-electron chi connectivity index (χ4n) is 0.634. The van der Waals surface area contributed by atoms with Gasteiger partial charge in [-0.2, -0.15) is 26.3 Å². The Balaban J connectivity index is 2.82. The first-order chi connectivity index (χ1) is 5.82. The summed E-state index contributed by atoms with van der Waals surface area (Å²) in [6.45, 7) is 0. The highest BCUT2D eigenvalue weighted by Gasteiger charge is 2.52. The van der Waals surface area contributed by atoms with Gasteiger partial charge < -0.3 is 9.47 Å². The van der Waals surface area contributed by atoms with Crippen LogP contribution in [0.2, 0.25) is 0 Å². The van der Waals surface area contributed by atoms with E-state index in [0.717, 1.165) is 0 Å². The first-order valence-corrected chi connectivity index (χ1v) is 2.91. The van der Waals surface area contributed by atoms with Crippen LogP contribution in [0.4, 0.5) is 26.3 Å². The first-order valence-electron chi connectivity index (χ1n) is 2.91. The van der Waals surface area contributed by atoms with Crippen molar-refractivity contribution in [3.8, 4) is 0 Å². The number of halogens is 6. The lowest BCUT2D eigenvalue weighted by Gasteiger charge is -2.26. The molecule has 0 amide bonds. The Hall–Kier alpha value is -1.08. The number of hydrogen-bond donors (Lipinski definition) is 0. The molecule has 76 valence electrons. The fourth-order valence-corrected chi connectivity index (χ4v) is 0.634. The van der Waals surface area contributed by atoms with E-state index < -0.39 is 30.7 Å². The highest BCUT2D eigenvalue weighted by Crippen LogP contribution is 2.34. The molecule has 0 aromatic carbocycles. The lowest BCUT2D eigenvalue weighted by atomic mass is 10.3. The Morgan fingerprint density at radius 2 is 1.46 bits per heavy atom. The molecule has 0 saturated carbocycles. The predicted octanol–water partition coefficient (Wildman–Crippen LogP) is 2.33. The minimum absolute atomic E-state index is 2.13. The van der Waals surface area contributed by atoms with Crippen LogP contribution in [0.5, 0.6) is 0 Å². The van der Waals surface area contributed by atoms with Crippen molar-refractivity contribution < 1.29 is 35.8 Å². The SMILES string of the molecule is FC1=C(F)OC(C(F)(F)F)C(F)O1. The fraction of sp³-hybridized carbons (Fsp3) is 0.600. The van der Waals surface area contributed by atoms with Crippen LogP contribution in [0.15, 0.2) is 12.0 Å². The monoisotopic (exact) mass is 208 g/mol. The molecule has 0 saturated heterocycles. The summed E-state index contributed by atoms with van der Waals surface area (Å²) in [6.07, 6.45) is -11.4. The van der Waals surface area contributed by atoms with Gasteiger partial charge in [-0.25, -0.2) is 0 Å². The zero-order chi connectivity index (χ0) is 10.2. The van der Waals surface area contributed by atoms with Crippen molar-refractivity contribution in [3.05, 3.63) is 12.0 Å². The summed E-state index contributed by atoms with van der Waals surface area (Å²) in [4.78, 5) is 0. The van der Waals surface area contributed by atoms with Gasteiger partial charge in [0.15, 0.2) is 0 Å². The maximum atomic E-state index is 12.3. The third-order valence-electron chi connectivity index (χ3n) is 1.16. The van der Waals surface area contributed by atoms with Crippen LogP contribution in [0.3, 0.4) is 0 Å². The summed E-state index contributed by atoms with van der Waals surface area (Å²) in [5.41, 5.74) is 0. The molecule has 1 rings (SSSR count). The van der Waals surface area contributed by atoms with E-state index in [0.29, 0.717) is 0 Å². The Morgan fingerprint density at radius 3 is 1.92 bits per heavy atom. The Labute approximate surface area is 67.7 Å². The Kier molecular flexibility index (Phi) is 2.31. The van der Waals surface area contributed by atoms with Crippen LogP contribution < -0.4 is 0 Å². The molecule has 2 unspecified atom stereocenters. The Morgan fingerprint density at radius 1 is 1.00 bits per heavy atom. The van der Waals surface area contributed by atoms with Crippen LogP contribution in [0.25, 0.3) is 0 Å². The second kappa shape index (κ2) is 3.00. The van der Waals surface area contributed by atoms with Crippen molar-refractivity contribution >= 4 is 0 Å². The summed E-state index contributed by atoms with van der Waals surface area (Å²) in [6, 6.07) is -4.34. The topological polar surface area (TPSA) is 18.5 Å². The van der Waals surface area contributed by atoms with Crippen LogP contribution in [-0.2, 0) is 9.47 Å². The van der Waals surface area contributed by atoms with Gasteiger partial charge in [0.2, 0.25) is 0 Å². The summed E-state index contributed by atoms with van der Waals surface area (Å²) in [7, 11) is 0. The molecule has 1 heterocycles. The molecular weight excluding hydrogens is 206 g/mol. The first kappa shape index (κ1) is 10.0. The quantitative estimate of drug-likeness (QED) is 0.568. The van der Waals surface area contributed by atoms with Gasteiger partial charge in [-0.3, -0.25) is 0 Å². The highest BCUT2D eigenvalue weighted by atomic mass is 19.4. The average Bonchev–Trinajstić information content (AvgIpc) is 1.94. The molecule has 0 fully saturated rings. The minimum atomic E-state index is -5.16. The molecule has 0 radical (unpaired) electrons. The highest BCUT2D eigenvalue weighted by molar-refractivity contribution is 4.92. The van der Waals surface area contributed by atoms with Crippen molar-refractivity contribution in [3.63, 3.8) is 0 Å². The van der Waals surface area contributed by atoms with Crippen molar-refractivity contribution in [2.45, 2.75) is 18.6 Å². The molecule has 0 spiro atoms. The maximum absolute atomic E-state index is 12.3. The standard InChI is InChI=1S/C5H2F6O2/c6-2-1(5(9,10)11)12-3(7)4(8)13-2/h1-2H. The van der Waals surface area contributed by atoms with Gasteiger partial charge in [-0.05, 0) is 0 Å². The summed E-state index contributed by atoms with van der Waals surface area (Å²) >= 11 is 0. The van der Waals surface area contributed by atoms with Gasteiger partial charge in [0.05, 0.1) is 0 Å². The van der Waals surface area contributed by atoms with Gasteiger partial charge in [0.25, 0.3) is 12.5 Å². The lowest BCUT2D eigenvalue weighted by Crippen LogP contribution is -2.43. The van der Waals surface area contributed by atoms with Crippen LogP contribution >= 0.6 is 0 Å². The van der Waals surface area contributed by atoms with Gasteiger partial charge >= 0.3 is 18.2 Å². The normalized spacial score (nSPS) is 29.7. The number of rotatable bonds is 0. The van der Waals surface area contributed by atoms with Gasteiger partial charge in [0, 0.05) is 0 Å². The molecular formula is C5H2F6O2. The molecule has 0 aromatic rings. The average molecular weight is 208 g/mol. The lowest BCUT2D eigenvalue weighted by molar-refractivity contribution is -0.283. The molecule has 0 aromatic heterocycles. The van der Waals surface area contributed by atoms with E-state index in [4.69, 9.17) is 0 Å². The van der Waals surface area contributed by atoms with E-state index in [9.17, 15) is 26.3 Å². The van der Waals surface area contributed by atoms with Gasteiger partial charge in [-0.1, -0.05) is 0 Å². The molecule has 0 N–H and O–H groups in total. The van der Waals surface area contributed by atoms with Crippen molar-refractivity contribution in [2.75, 3.05) is 0 Å². The minimum Gasteiger partial charge on any atom is -0.446 e. The van der Waals surface area contributed by atoms with Gasteiger partial charge in [0.1, 0.15) is 0 Å². The van der Waals surface area contributed by atoms with Crippen molar-refractivity contribution in [1.82, 2.24) is 0 Å². The zero-order valence-corrected chi connectivity index (χ0v) is 5.74. The van der Waals surface area contributed by atoms with E-state index in [-0.39, 0.29) is 0 Å². The zero-order valence-electron chi connectivity index (χ0n) is 5.74. The largest absolute Gasteiger partial charge is 0.446 e. The van der Waals surface area contributed by atoms with Crippen molar-refractivity contribution in [1.29, 1.82) is 0 Å². The molecule has 1 aliphatic heterocycles. The van der Waals surface area contributed by atoms with E-state index in [1.54, 1.807) is 0 Å². The molecule has 2 nitrogen and oxygen atoms in total. The molecule has 13 heavy (non-hydrogen) atoms. The second-order valence-electron chi connectivity index (χ2n) is 2.10. The molecule has 1 aliphatic rings. The van der Waals surface area contributed by atoms with Crippen molar-refractivity contribution in [2.24, 2.45) is 0 Å². The van der Waals surface area contributed by atoms with E-state index in [1.165, 1.54) is 0 Å². The molecule has 8 heteroatoms. The van der Waals surface area contributed by atoms with Crippen LogP contribution in [-0.4, -0.2) is 18.6 Å². The summed E-state index contributed by atoms with van der Waals surface area (Å²) < 4.78 is 78.0. The van der Waals surface area contributed by atoms with Gasteiger partial charge in [-0.15, -0.1) is 0 Å². The summed E-state index contributed by atoms with van der Waals surface area (Å²) in [5, 5.41) is 0. The number of ether oxygens (including phenoxy) is 2.